The fourth-order valence-electron chi connectivity index (χ4n) is 2.60. The molecule has 0 bridgehead atoms. The van der Waals surface area contributed by atoms with Gasteiger partial charge < -0.3 is 14.7 Å². The number of rotatable bonds is 6. The molecule has 1 aromatic rings. The highest BCUT2D eigenvalue weighted by Crippen LogP contribution is 2.21. The molecule has 0 radical (unpaired) electrons. The zero-order chi connectivity index (χ0) is 15.2. The van der Waals surface area contributed by atoms with Crippen LogP contribution in [-0.2, 0) is 0 Å². The first kappa shape index (κ1) is 16.6. The summed E-state index contributed by atoms with van der Waals surface area (Å²) in [5.74, 6) is 0.786. The molecular formula is C16H25ClN2O2. The predicted molar refractivity (Wildman–Crippen MR) is 86.2 cm³/mol. The number of nitrogens with zero attached hydrogens (tertiary/aromatic N) is 2. The van der Waals surface area contributed by atoms with E-state index in [0.29, 0.717) is 18.2 Å². The van der Waals surface area contributed by atoms with Gasteiger partial charge in [0.05, 0.1) is 0 Å². The van der Waals surface area contributed by atoms with Crippen LogP contribution in [0.2, 0.25) is 5.02 Å². The van der Waals surface area contributed by atoms with Gasteiger partial charge >= 0.3 is 0 Å². The monoisotopic (exact) mass is 312 g/mol. The van der Waals surface area contributed by atoms with Crippen molar-refractivity contribution >= 4 is 11.6 Å². The Morgan fingerprint density at radius 3 is 2.52 bits per heavy atom. The van der Waals surface area contributed by atoms with E-state index in [1.165, 1.54) is 0 Å². The third kappa shape index (κ3) is 5.15. The van der Waals surface area contributed by atoms with Crippen molar-refractivity contribution in [2.24, 2.45) is 0 Å². The first-order valence-corrected chi connectivity index (χ1v) is 7.98. The van der Waals surface area contributed by atoms with Crippen LogP contribution >= 0.6 is 11.6 Å². The van der Waals surface area contributed by atoms with Crippen LogP contribution in [0.4, 0.5) is 0 Å². The molecule has 118 valence electrons. The molecule has 21 heavy (non-hydrogen) atoms. The molecule has 1 N–H and O–H groups in total. The maximum atomic E-state index is 10.1. The van der Waals surface area contributed by atoms with Gasteiger partial charge in [-0.15, -0.1) is 0 Å². The summed E-state index contributed by atoms with van der Waals surface area (Å²) in [6, 6.07) is 5.53. The van der Waals surface area contributed by atoms with Crippen molar-refractivity contribution in [2.45, 2.75) is 20.0 Å². The molecular weight excluding hydrogens is 288 g/mol. The second-order valence-electron chi connectivity index (χ2n) is 5.61. The molecule has 1 aromatic carbocycles. The molecule has 1 saturated heterocycles. The lowest BCUT2D eigenvalue weighted by molar-refractivity contribution is 0.0469. The third-order valence-corrected chi connectivity index (χ3v) is 4.18. The number of hydrogen-bond donors (Lipinski definition) is 1. The first-order valence-electron chi connectivity index (χ1n) is 7.60. The van der Waals surface area contributed by atoms with E-state index in [4.69, 9.17) is 16.3 Å². The number of aliphatic hydroxyl groups excluding tert-OH is 1. The maximum Gasteiger partial charge on any atom is 0.122 e. The molecule has 1 aliphatic rings. The molecule has 0 aliphatic carbocycles. The standard InChI is InChI=1S/C16H25ClN2O2/c1-3-18-6-8-19(9-7-18)11-15(20)12-21-16-5-4-14(17)10-13(16)2/h4-5,10,15,20H,3,6-9,11-12H2,1-2H3/t15-/m1/s1. The van der Waals surface area contributed by atoms with Crippen molar-refractivity contribution in [1.82, 2.24) is 9.80 Å². The zero-order valence-corrected chi connectivity index (χ0v) is 13.6. The molecule has 0 aromatic heterocycles. The highest BCUT2D eigenvalue weighted by molar-refractivity contribution is 6.30. The molecule has 5 heteroatoms. The molecule has 0 amide bonds. The number of β-amino-alcohol motifs (C(OH)–C–C–N with tert-alkyl or cyclic N) is 1. The first-order chi connectivity index (χ1) is 10.1. The molecule has 0 saturated carbocycles. The Morgan fingerprint density at radius 2 is 1.90 bits per heavy atom. The fourth-order valence-corrected chi connectivity index (χ4v) is 2.83. The maximum absolute atomic E-state index is 10.1. The number of piperazine rings is 1. The lowest BCUT2D eigenvalue weighted by atomic mass is 10.2. The van der Waals surface area contributed by atoms with Crippen molar-refractivity contribution in [3.8, 4) is 5.75 Å². The number of likely N-dealkylation sites (N-methyl/N-ethyl adjacent to an activating group) is 1. The summed E-state index contributed by atoms with van der Waals surface area (Å²) in [5, 5.41) is 10.8. The lowest BCUT2D eigenvalue weighted by Crippen LogP contribution is -2.49. The van der Waals surface area contributed by atoms with Gasteiger partial charge in [0.1, 0.15) is 18.5 Å². The van der Waals surface area contributed by atoms with Crippen LogP contribution in [0.15, 0.2) is 18.2 Å². The topological polar surface area (TPSA) is 35.9 Å². The van der Waals surface area contributed by atoms with Gasteiger partial charge in [-0.05, 0) is 37.2 Å². The van der Waals surface area contributed by atoms with Crippen LogP contribution in [-0.4, -0.2) is 66.9 Å². The van der Waals surface area contributed by atoms with Crippen LogP contribution in [0.25, 0.3) is 0 Å². The van der Waals surface area contributed by atoms with E-state index < -0.39 is 6.10 Å². The SMILES string of the molecule is CCN1CCN(C[C@@H](O)COc2ccc(Cl)cc2C)CC1. The Balaban J connectivity index is 1.73. The highest BCUT2D eigenvalue weighted by atomic mass is 35.5. The van der Waals surface area contributed by atoms with E-state index in [0.717, 1.165) is 44.0 Å². The molecule has 1 aliphatic heterocycles. The van der Waals surface area contributed by atoms with Gasteiger partial charge in [-0.25, -0.2) is 0 Å². The van der Waals surface area contributed by atoms with E-state index >= 15 is 0 Å². The van der Waals surface area contributed by atoms with Crippen molar-refractivity contribution in [1.29, 1.82) is 0 Å². The Bertz CT molecular complexity index is 448. The van der Waals surface area contributed by atoms with Gasteiger partial charge in [-0.2, -0.15) is 0 Å². The molecule has 1 heterocycles. The summed E-state index contributed by atoms with van der Waals surface area (Å²) < 4.78 is 5.69. The van der Waals surface area contributed by atoms with Crippen molar-refractivity contribution in [3.63, 3.8) is 0 Å². The van der Waals surface area contributed by atoms with Gasteiger partial charge in [0.25, 0.3) is 0 Å². The van der Waals surface area contributed by atoms with Gasteiger partial charge in [-0.3, -0.25) is 4.90 Å². The predicted octanol–water partition coefficient (Wildman–Crippen LogP) is 2.03. The van der Waals surface area contributed by atoms with Crippen LogP contribution in [0.3, 0.4) is 0 Å². The normalized spacial score (nSPS) is 18.7. The van der Waals surface area contributed by atoms with Crippen LogP contribution in [0, 0.1) is 6.92 Å². The van der Waals surface area contributed by atoms with E-state index in [9.17, 15) is 5.11 Å². The number of aryl methyl sites for hydroxylation is 1. The highest BCUT2D eigenvalue weighted by Gasteiger charge is 2.18. The van der Waals surface area contributed by atoms with Gasteiger partial charge in [-0.1, -0.05) is 18.5 Å². The smallest absolute Gasteiger partial charge is 0.122 e. The second kappa shape index (κ2) is 7.99. The Labute approximate surface area is 132 Å². The summed E-state index contributed by atoms with van der Waals surface area (Å²) >= 11 is 5.92. The Hall–Kier alpha value is -0.810. The van der Waals surface area contributed by atoms with E-state index in [-0.39, 0.29) is 0 Å². The summed E-state index contributed by atoms with van der Waals surface area (Å²) in [5.41, 5.74) is 0.992. The molecule has 4 nitrogen and oxygen atoms in total. The number of hydrogen-bond acceptors (Lipinski definition) is 4. The number of aliphatic hydroxyl groups is 1. The molecule has 1 atom stereocenters. The van der Waals surface area contributed by atoms with Crippen LogP contribution in [0.5, 0.6) is 5.75 Å². The number of halogens is 1. The van der Waals surface area contributed by atoms with Crippen LogP contribution in [0.1, 0.15) is 12.5 Å². The third-order valence-electron chi connectivity index (χ3n) is 3.95. The molecule has 2 rings (SSSR count). The number of ether oxygens (including phenoxy) is 1. The zero-order valence-electron chi connectivity index (χ0n) is 12.9. The van der Waals surface area contributed by atoms with E-state index in [1.54, 1.807) is 6.07 Å². The Kier molecular flexibility index (Phi) is 6.30. The van der Waals surface area contributed by atoms with Crippen LogP contribution < -0.4 is 4.74 Å². The summed E-state index contributed by atoms with van der Waals surface area (Å²) in [7, 11) is 0. The summed E-state index contributed by atoms with van der Waals surface area (Å²) in [6.45, 7) is 10.4. The molecule has 0 spiro atoms. The van der Waals surface area contributed by atoms with Gasteiger partial charge in [0.15, 0.2) is 0 Å². The minimum Gasteiger partial charge on any atom is -0.491 e. The average Bonchev–Trinajstić information content (AvgIpc) is 2.47. The summed E-state index contributed by atoms with van der Waals surface area (Å²) in [6.07, 6.45) is -0.465. The second-order valence-corrected chi connectivity index (χ2v) is 6.05. The Morgan fingerprint density at radius 1 is 1.24 bits per heavy atom. The van der Waals surface area contributed by atoms with Crippen molar-refractivity contribution in [3.05, 3.63) is 28.8 Å². The van der Waals surface area contributed by atoms with Crippen molar-refractivity contribution < 1.29 is 9.84 Å². The average molecular weight is 313 g/mol. The fraction of sp³-hybridized carbons (Fsp3) is 0.625. The molecule has 1 fully saturated rings. The quantitative estimate of drug-likeness (QED) is 0.872. The lowest BCUT2D eigenvalue weighted by Gasteiger charge is -2.34. The minimum atomic E-state index is -0.465. The van der Waals surface area contributed by atoms with Gasteiger partial charge in [0.2, 0.25) is 0 Å². The van der Waals surface area contributed by atoms with Crippen molar-refractivity contribution in [2.75, 3.05) is 45.9 Å². The molecule has 0 unspecified atom stereocenters. The number of benzene rings is 1. The summed E-state index contributed by atoms with van der Waals surface area (Å²) in [4.78, 5) is 4.73. The van der Waals surface area contributed by atoms with E-state index in [1.807, 2.05) is 19.1 Å². The largest absolute Gasteiger partial charge is 0.491 e. The minimum absolute atomic E-state index is 0.316. The van der Waals surface area contributed by atoms with E-state index in [2.05, 4.69) is 16.7 Å². The van der Waals surface area contributed by atoms with Gasteiger partial charge in [0, 0.05) is 37.7 Å².